The second kappa shape index (κ2) is 7.39. The lowest BCUT2D eigenvalue weighted by Gasteiger charge is -2.13. The summed E-state index contributed by atoms with van der Waals surface area (Å²) in [7, 11) is 0. The third kappa shape index (κ3) is 3.59. The van der Waals surface area contributed by atoms with Crippen molar-refractivity contribution >= 4 is 5.91 Å². The number of fused-ring (bicyclic) bond motifs is 1. The second-order valence-corrected chi connectivity index (χ2v) is 6.26. The van der Waals surface area contributed by atoms with Gasteiger partial charge in [0.05, 0.1) is 18.8 Å². The fourth-order valence-corrected chi connectivity index (χ4v) is 3.07. The number of nitrogens with one attached hydrogen (secondary N) is 1. The maximum absolute atomic E-state index is 12.6. The van der Waals surface area contributed by atoms with Crippen molar-refractivity contribution in [2.45, 2.75) is 19.4 Å². The molecule has 1 amide bonds. The SMILES string of the molecule is O=C(NCc1cc(-c2ccccn2)no1)C1CCOc2ccccc2C1. The maximum Gasteiger partial charge on any atom is 0.223 e. The number of nitrogens with zero attached hydrogens (tertiary/aromatic N) is 2. The molecule has 6 nitrogen and oxygen atoms in total. The normalized spacial score (nSPS) is 16.2. The van der Waals surface area contributed by atoms with Gasteiger partial charge in [-0.15, -0.1) is 0 Å². The third-order valence-electron chi connectivity index (χ3n) is 4.46. The van der Waals surface area contributed by atoms with Gasteiger partial charge in [-0.05, 0) is 36.6 Å². The average molecular weight is 349 g/mol. The van der Waals surface area contributed by atoms with E-state index in [0.29, 0.717) is 37.4 Å². The quantitative estimate of drug-likeness (QED) is 0.783. The molecule has 1 aromatic carbocycles. The molecule has 0 saturated carbocycles. The van der Waals surface area contributed by atoms with Gasteiger partial charge in [-0.2, -0.15) is 0 Å². The summed E-state index contributed by atoms with van der Waals surface area (Å²) < 4.78 is 11.0. The molecule has 0 radical (unpaired) electrons. The van der Waals surface area contributed by atoms with Gasteiger partial charge in [-0.25, -0.2) is 0 Å². The fraction of sp³-hybridized carbons (Fsp3) is 0.250. The third-order valence-corrected chi connectivity index (χ3v) is 4.46. The van der Waals surface area contributed by atoms with Crippen molar-refractivity contribution in [2.24, 2.45) is 5.92 Å². The largest absolute Gasteiger partial charge is 0.493 e. The van der Waals surface area contributed by atoms with E-state index in [2.05, 4.69) is 15.5 Å². The predicted molar refractivity (Wildman–Crippen MR) is 95.3 cm³/mol. The monoisotopic (exact) mass is 349 g/mol. The van der Waals surface area contributed by atoms with Crippen LogP contribution in [0.3, 0.4) is 0 Å². The van der Waals surface area contributed by atoms with Gasteiger partial charge in [0.1, 0.15) is 11.4 Å². The number of para-hydroxylation sites is 1. The number of rotatable bonds is 4. The zero-order chi connectivity index (χ0) is 17.8. The summed E-state index contributed by atoms with van der Waals surface area (Å²) in [5.41, 5.74) is 2.47. The Balaban J connectivity index is 1.38. The van der Waals surface area contributed by atoms with Crippen molar-refractivity contribution in [2.75, 3.05) is 6.61 Å². The Hall–Kier alpha value is -3.15. The first kappa shape index (κ1) is 16.3. The summed E-state index contributed by atoms with van der Waals surface area (Å²) in [6, 6.07) is 15.3. The van der Waals surface area contributed by atoms with E-state index in [4.69, 9.17) is 9.26 Å². The van der Waals surface area contributed by atoms with Crippen LogP contribution >= 0.6 is 0 Å². The van der Waals surface area contributed by atoms with Gasteiger partial charge in [-0.3, -0.25) is 9.78 Å². The van der Waals surface area contributed by atoms with Crippen LogP contribution < -0.4 is 10.1 Å². The van der Waals surface area contributed by atoms with Gasteiger partial charge in [0.25, 0.3) is 0 Å². The lowest BCUT2D eigenvalue weighted by atomic mass is 9.96. The van der Waals surface area contributed by atoms with E-state index in [-0.39, 0.29) is 11.8 Å². The Morgan fingerprint density at radius 2 is 2.04 bits per heavy atom. The zero-order valence-corrected chi connectivity index (χ0v) is 14.2. The summed E-state index contributed by atoms with van der Waals surface area (Å²) in [6.07, 6.45) is 3.07. The molecule has 0 bridgehead atoms. The van der Waals surface area contributed by atoms with E-state index in [1.807, 2.05) is 42.5 Å². The standard InChI is InChI=1S/C20H19N3O3/c24-20(15-8-10-25-19-7-2-1-5-14(19)11-15)22-13-16-12-18(23-26-16)17-6-3-4-9-21-17/h1-7,9,12,15H,8,10-11,13H2,(H,22,24). The molecule has 132 valence electrons. The molecular formula is C20H19N3O3. The van der Waals surface area contributed by atoms with E-state index in [1.165, 1.54) is 0 Å². The van der Waals surface area contributed by atoms with Crippen LogP contribution in [-0.4, -0.2) is 22.7 Å². The summed E-state index contributed by atoms with van der Waals surface area (Å²) in [5, 5.41) is 6.96. The highest BCUT2D eigenvalue weighted by Gasteiger charge is 2.23. The lowest BCUT2D eigenvalue weighted by molar-refractivity contribution is -0.125. The van der Waals surface area contributed by atoms with Crippen molar-refractivity contribution in [3.05, 3.63) is 66.1 Å². The van der Waals surface area contributed by atoms with Crippen molar-refractivity contribution < 1.29 is 14.1 Å². The van der Waals surface area contributed by atoms with E-state index >= 15 is 0 Å². The number of ether oxygens (including phenoxy) is 1. The smallest absolute Gasteiger partial charge is 0.223 e. The minimum atomic E-state index is -0.114. The Morgan fingerprint density at radius 1 is 1.15 bits per heavy atom. The van der Waals surface area contributed by atoms with Gasteiger partial charge in [0.2, 0.25) is 5.91 Å². The molecule has 0 fully saturated rings. The predicted octanol–water partition coefficient (Wildman–Crippen LogP) is 2.99. The summed E-state index contributed by atoms with van der Waals surface area (Å²) in [5.74, 6) is 1.36. The lowest BCUT2D eigenvalue weighted by Crippen LogP contribution is -2.31. The summed E-state index contributed by atoms with van der Waals surface area (Å²) >= 11 is 0. The van der Waals surface area contributed by atoms with E-state index in [1.54, 1.807) is 12.3 Å². The molecule has 1 atom stereocenters. The zero-order valence-electron chi connectivity index (χ0n) is 14.2. The Bertz CT molecular complexity index is 892. The number of carbonyl (C=O) groups is 1. The van der Waals surface area contributed by atoms with Crippen LogP contribution in [-0.2, 0) is 17.8 Å². The topological polar surface area (TPSA) is 77.3 Å². The van der Waals surface area contributed by atoms with Crippen LogP contribution in [0.1, 0.15) is 17.7 Å². The minimum absolute atomic E-state index is 0.00101. The van der Waals surface area contributed by atoms with Crippen LogP contribution in [0.5, 0.6) is 5.75 Å². The molecule has 6 heteroatoms. The number of benzene rings is 1. The summed E-state index contributed by atoms with van der Waals surface area (Å²) in [4.78, 5) is 16.8. The first-order valence-corrected chi connectivity index (χ1v) is 8.65. The number of aromatic nitrogens is 2. The number of hydrogen-bond acceptors (Lipinski definition) is 5. The Kier molecular flexibility index (Phi) is 4.64. The molecule has 3 aromatic rings. The van der Waals surface area contributed by atoms with Crippen LogP contribution in [0.2, 0.25) is 0 Å². The fourth-order valence-electron chi connectivity index (χ4n) is 3.07. The molecular weight excluding hydrogens is 330 g/mol. The van der Waals surface area contributed by atoms with Crippen LogP contribution in [0.15, 0.2) is 59.3 Å². The number of amides is 1. The molecule has 26 heavy (non-hydrogen) atoms. The van der Waals surface area contributed by atoms with Crippen LogP contribution in [0.4, 0.5) is 0 Å². The van der Waals surface area contributed by atoms with Gasteiger partial charge in [0, 0.05) is 18.2 Å². The molecule has 4 rings (SSSR count). The highest BCUT2D eigenvalue weighted by Crippen LogP contribution is 2.26. The van der Waals surface area contributed by atoms with Gasteiger partial charge >= 0.3 is 0 Å². The number of pyridine rings is 1. The van der Waals surface area contributed by atoms with Crippen molar-refractivity contribution in [3.63, 3.8) is 0 Å². The van der Waals surface area contributed by atoms with E-state index < -0.39 is 0 Å². The Morgan fingerprint density at radius 3 is 2.92 bits per heavy atom. The van der Waals surface area contributed by atoms with Gasteiger partial charge in [0.15, 0.2) is 5.76 Å². The van der Waals surface area contributed by atoms with Crippen LogP contribution in [0.25, 0.3) is 11.4 Å². The molecule has 3 heterocycles. The molecule has 0 aliphatic carbocycles. The molecule has 2 aromatic heterocycles. The van der Waals surface area contributed by atoms with E-state index in [9.17, 15) is 4.79 Å². The average Bonchev–Trinajstić information content (AvgIpc) is 3.05. The van der Waals surface area contributed by atoms with Crippen molar-refractivity contribution in [1.82, 2.24) is 15.5 Å². The maximum atomic E-state index is 12.6. The van der Waals surface area contributed by atoms with Gasteiger partial charge < -0.3 is 14.6 Å². The second-order valence-electron chi connectivity index (χ2n) is 6.26. The highest BCUT2D eigenvalue weighted by molar-refractivity contribution is 5.79. The van der Waals surface area contributed by atoms with Crippen LogP contribution in [0, 0.1) is 5.92 Å². The van der Waals surface area contributed by atoms with Crippen molar-refractivity contribution in [3.8, 4) is 17.1 Å². The number of hydrogen-bond donors (Lipinski definition) is 1. The molecule has 0 saturated heterocycles. The highest BCUT2D eigenvalue weighted by atomic mass is 16.5. The molecule has 1 aliphatic rings. The van der Waals surface area contributed by atoms with Gasteiger partial charge in [-0.1, -0.05) is 29.4 Å². The molecule has 1 aliphatic heterocycles. The molecule has 0 spiro atoms. The number of carbonyl (C=O) groups excluding carboxylic acids is 1. The summed E-state index contributed by atoms with van der Waals surface area (Å²) in [6.45, 7) is 0.846. The first-order chi connectivity index (χ1) is 12.8. The van der Waals surface area contributed by atoms with E-state index in [0.717, 1.165) is 17.0 Å². The Labute approximate surface area is 151 Å². The first-order valence-electron chi connectivity index (χ1n) is 8.65. The molecule has 1 unspecified atom stereocenters. The molecule has 1 N–H and O–H groups in total. The van der Waals surface area contributed by atoms with Crippen molar-refractivity contribution in [1.29, 1.82) is 0 Å². The minimum Gasteiger partial charge on any atom is -0.493 e.